The molecular weight excluding hydrogens is 408 g/mol. The number of hydrogen-bond acceptors (Lipinski definition) is 6. The minimum Gasteiger partial charge on any atom is -0.338 e. The van der Waals surface area contributed by atoms with Crippen molar-refractivity contribution in [1.29, 1.82) is 0 Å². The molecular formula is C23H22N6OS. The lowest BCUT2D eigenvalue weighted by atomic mass is 10.3. The summed E-state index contributed by atoms with van der Waals surface area (Å²) in [5.74, 6) is 1.21. The van der Waals surface area contributed by atoms with Crippen molar-refractivity contribution < 1.29 is 4.79 Å². The highest BCUT2D eigenvalue weighted by Crippen LogP contribution is 2.28. The summed E-state index contributed by atoms with van der Waals surface area (Å²) >= 11 is 1.49. The van der Waals surface area contributed by atoms with Crippen LogP contribution in [-0.4, -0.2) is 62.3 Å². The van der Waals surface area contributed by atoms with Crippen molar-refractivity contribution >= 4 is 34.7 Å². The van der Waals surface area contributed by atoms with Gasteiger partial charge in [-0.1, -0.05) is 42.1 Å². The van der Waals surface area contributed by atoms with Crippen LogP contribution in [-0.2, 0) is 4.79 Å². The molecule has 3 heterocycles. The Bertz CT molecular complexity index is 1170. The molecule has 4 aromatic rings. The molecule has 1 aliphatic heterocycles. The summed E-state index contributed by atoms with van der Waals surface area (Å²) in [4.78, 5) is 30.3. The van der Waals surface area contributed by atoms with Crippen LogP contribution in [0.1, 0.15) is 0 Å². The normalized spacial score (nSPS) is 14.2. The van der Waals surface area contributed by atoms with E-state index in [0.29, 0.717) is 18.8 Å². The molecule has 1 fully saturated rings. The molecule has 0 unspecified atom stereocenters. The largest absolute Gasteiger partial charge is 0.338 e. The van der Waals surface area contributed by atoms with Crippen molar-refractivity contribution in [3.05, 3.63) is 73.1 Å². The minimum atomic E-state index is 0.130. The van der Waals surface area contributed by atoms with Crippen LogP contribution in [0.15, 0.2) is 78.2 Å². The number of thioether (sulfide) groups is 1. The average Bonchev–Trinajstić information content (AvgIpc) is 3.22. The third kappa shape index (κ3) is 4.11. The molecule has 2 aromatic heterocycles. The van der Waals surface area contributed by atoms with Gasteiger partial charge in [-0.05, 0) is 30.3 Å². The van der Waals surface area contributed by atoms with Crippen molar-refractivity contribution in [3.63, 3.8) is 0 Å². The van der Waals surface area contributed by atoms with E-state index < -0.39 is 0 Å². The van der Waals surface area contributed by atoms with E-state index in [0.717, 1.165) is 40.9 Å². The maximum atomic E-state index is 12.9. The van der Waals surface area contributed by atoms with Gasteiger partial charge in [0, 0.05) is 44.3 Å². The SMILES string of the molecule is O=C(CSc1nc2ccccc2n1-c1ccccc1)N1CCN(c2ncccn2)CC1. The average molecular weight is 431 g/mol. The molecule has 0 saturated carbocycles. The highest BCUT2D eigenvalue weighted by Gasteiger charge is 2.23. The van der Waals surface area contributed by atoms with E-state index in [1.54, 1.807) is 12.4 Å². The Kier molecular flexibility index (Phi) is 5.54. The fourth-order valence-corrected chi connectivity index (χ4v) is 4.69. The number of anilines is 1. The van der Waals surface area contributed by atoms with Crippen LogP contribution in [0.4, 0.5) is 5.95 Å². The number of carbonyl (C=O) groups is 1. The van der Waals surface area contributed by atoms with E-state index in [2.05, 4.69) is 37.6 Å². The Morgan fingerprint density at radius 2 is 1.58 bits per heavy atom. The maximum Gasteiger partial charge on any atom is 0.233 e. The van der Waals surface area contributed by atoms with Crippen LogP contribution in [0.5, 0.6) is 0 Å². The van der Waals surface area contributed by atoms with Gasteiger partial charge in [0.25, 0.3) is 0 Å². The second-order valence-corrected chi connectivity index (χ2v) is 8.20. The number of rotatable bonds is 5. The van der Waals surface area contributed by atoms with E-state index in [4.69, 9.17) is 4.98 Å². The Hall–Kier alpha value is -3.39. The van der Waals surface area contributed by atoms with Crippen LogP contribution >= 0.6 is 11.8 Å². The number of amides is 1. The number of benzene rings is 2. The molecule has 0 radical (unpaired) electrons. The molecule has 1 aliphatic rings. The second-order valence-electron chi connectivity index (χ2n) is 7.26. The van der Waals surface area contributed by atoms with Crippen molar-refractivity contribution in [2.75, 3.05) is 36.8 Å². The highest BCUT2D eigenvalue weighted by molar-refractivity contribution is 7.99. The molecule has 2 aromatic carbocycles. The first-order chi connectivity index (χ1) is 15.3. The topological polar surface area (TPSA) is 67.2 Å². The first kappa shape index (κ1) is 19.6. The van der Waals surface area contributed by atoms with E-state index in [9.17, 15) is 4.79 Å². The molecule has 0 bridgehead atoms. The number of nitrogens with zero attached hydrogens (tertiary/aromatic N) is 6. The lowest BCUT2D eigenvalue weighted by Gasteiger charge is -2.34. The predicted molar refractivity (Wildman–Crippen MR) is 123 cm³/mol. The molecule has 5 rings (SSSR count). The molecule has 0 spiro atoms. The van der Waals surface area contributed by atoms with Crippen LogP contribution < -0.4 is 4.90 Å². The Balaban J connectivity index is 1.28. The van der Waals surface area contributed by atoms with E-state index >= 15 is 0 Å². The molecule has 8 heteroatoms. The number of piperazine rings is 1. The molecule has 1 saturated heterocycles. The van der Waals surface area contributed by atoms with Crippen molar-refractivity contribution in [1.82, 2.24) is 24.4 Å². The highest BCUT2D eigenvalue weighted by atomic mass is 32.2. The zero-order valence-corrected chi connectivity index (χ0v) is 17.8. The summed E-state index contributed by atoms with van der Waals surface area (Å²) in [6, 6.07) is 20.0. The van der Waals surface area contributed by atoms with Gasteiger partial charge < -0.3 is 9.80 Å². The van der Waals surface area contributed by atoms with Gasteiger partial charge in [-0.3, -0.25) is 9.36 Å². The molecule has 7 nitrogen and oxygen atoms in total. The summed E-state index contributed by atoms with van der Waals surface area (Å²) in [5, 5.41) is 0.831. The first-order valence-corrected chi connectivity index (χ1v) is 11.2. The van der Waals surface area contributed by atoms with Crippen molar-refractivity contribution in [3.8, 4) is 5.69 Å². The number of imidazole rings is 1. The van der Waals surface area contributed by atoms with Gasteiger partial charge in [-0.25, -0.2) is 15.0 Å². The number of aromatic nitrogens is 4. The van der Waals surface area contributed by atoms with Gasteiger partial charge in [-0.15, -0.1) is 0 Å². The van der Waals surface area contributed by atoms with Crippen molar-refractivity contribution in [2.45, 2.75) is 5.16 Å². The monoisotopic (exact) mass is 430 g/mol. The molecule has 1 amide bonds. The lowest BCUT2D eigenvalue weighted by molar-refractivity contribution is -0.128. The summed E-state index contributed by atoms with van der Waals surface area (Å²) in [6.45, 7) is 2.82. The summed E-state index contributed by atoms with van der Waals surface area (Å²) in [7, 11) is 0. The zero-order valence-electron chi connectivity index (χ0n) is 17.0. The molecule has 31 heavy (non-hydrogen) atoms. The van der Waals surface area contributed by atoms with Gasteiger partial charge in [0.15, 0.2) is 5.16 Å². The lowest BCUT2D eigenvalue weighted by Crippen LogP contribution is -2.49. The number of para-hydroxylation sites is 3. The minimum absolute atomic E-state index is 0.130. The number of carbonyl (C=O) groups excluding carboxylic acids is 1. The summed E-state index contributed by atoms with van der Waals surface area (Å²) in [6.07, 6.45) is 3.49. The van der Waals surface area contributed by atoms with Crippen LogP contribution in [0.2, 0.25) is 0 Å². The molecule has 0 aliphatic carbocycles. The van der Waals surface area contributed by atoms with E-state index in [-0.39, 0.29) is 5.91 Å². The first-order valence-electron chi connectivity index (χ1n) is 10.2. The number of fused-ring (bicyclic) bond motifs is 1. The maximum absolute atomic E-state index is 12.9. The van der Waals surface area contributed by atoms with Gasteiger partial charge in [0.1, 0.15) is 0 Å². The van der Waals surface area contributed by atoms with E-state index in [1.165, 1.54) is 11.8 Å². The smallest absolute Gasteiger partial charge is 0.233 e. The van der Waals surface area contributed by atoms with Crippen LogP contribution in [0.3, 0.4) is 0 Å². The molecule has 156 valence electrons. The molecule has 0 atom stereocenters. The summed E-state index contributed by atoms with van der Waals surface area (Å²) in [5.41, 5.74) is 3.01. The van der Waals surface area contributed by atoms with Crippen LogP contribution in [0, 0.1) is 0 Å². The Morgan fingerprint density at radius 1 is 0.871 bits per heavy atom. The number of hydrogen-bond donors (Lipinski definition) is 0. The predicted octanol–water partition coefficient (Wildman–Crippen LogP) is 3.26. The Morgan fingerprint density at radius 3 is 2.35 bits per heavy atom. The third-order valence-corrected chi connectivity index (χ3v) is 6.26. The second kappa shape index (κ2) is 8.77. The van der Waals surface area contributed by atoms with Crippen molar-refractivity contribution in [2.24, 2.45) is 0 Å². The van der Waals surface area contributed by atoms with Gasteiger partial charge in [0.2, 0.25) is 11.9 Å². The van der Waals surface area contributed by atoms with Crippen LogP contribution in [0.25, 0.3) is 16.7 Å². The standard InChI is InChI=1S/C23H22N6OS/c30-21(27-13-15-28(16-14-27)22-24-11-6-12-25-22)17-31-23-26-19-9-4-5-10-20(19)29(23)18-7-2-1-3-8-18/h1-12H,13-17H2. The summed E-state index contributed by atoms with van der Waals surface area (Å²) < 4.78 is 2.12. The zero-order chi connectivity index (χ0) is 21.0. The third-order valence-electron chi connectivity index (χ3n) is 5.34. The molecule has 0 N–H and O–H groups in total. The van der Waals surface area contributed by atoms with Gasteiger partial charge in [-0.2, -0.15) is 0 Å². The fourth-order valence-electron chi connectivity index (χ4n) is 3.76. The van der Waals surface area contributed by atoms with Gasteiger partial charge in [0.05, 0.1) is 16.8 Å². The fraction of sp³-hybridized carbons (Fsp3) is 0.217. The van der Waals surface area contributed by atoms with E-state index in [1.807, 2.05) is 47.4 Å². The quantitative estimate of drug-likeness (QED) is 0.453. The Labute approximate surface area is 184 Å². The van der Waals surface area contributed by atoms with Gasteiger partial charge >= 0.3 is 0 Å².